The van der Waals surface area contributed by atoms with Crippen molar-refractivity contribution in [3.8, 4) is 0 Å². The van der Waals surface area contributed by atoms with Crippen LogP contribution in [-0.2, 0) is 4.79 Å². The van der Waals surface area contributed by atoms with Crippen molar-refractivity contribution in [3.05, 3.63) is 71.8 Å². The molecule has 5 heteroatoms. The molecule has 0 bridgehead atoms. The lowest BCUT2D eigenvalue weighted by molar-refractivity contribution is -0.126. The van der Waals surface area contributed by atoms with E-state index in [2.05, 4.69) is 22.8 Å². The first-order chi connectivity index (χ1) is 12.7. The van der Waals surface area contributed by atoms with E-state index in [1.54, 1.807) is 12.1 Å². The first kappa shape index (κ1) is 18.6. The molecule has 0 unspecified atom stereocenters. The average molecular weight is 354 g/mol. The summed E-state index contributed by atoms with van der Waals surface area (Å²) in [6.45, 7) is 0.444. The highest BCUT2D eigenvalue weighted by molar-refractivity contribution is 5.82. The Labute approximate surface area is 154 Å². The van der Waals surface area contributed by atoms with Crippen LogP contribution in [0.4, 0.5) is 0 Å². The molecule has 4 atom stereocenters. The van der Waals surface area contributed by atoms with Gasteiger partial charge in [-0.15, -0.1) is 0 Å². The van der Waals surface area contributed by atoms with E-state index < -0.39 is 12.1 Å². The molecule has 0 saturated carbocycles. The molecule has 5 nitrogen and oxygen atoms in total. The smallest absolute Gasteiger partial charge is 0.237 e. The Bertz CT molecular complexity index is 693. The molecule has 3 rings (SSSR count). The molecule has 2 aromatic carbocycles. The van der Waals surface area contributed by atoms with Crippen molar-refractivity contribution < 1.29 is 15.0 Å². The first-order valence-corrected chi connectivity index (χ1v) is 9.11. The van der Waals surface area contributed by atoms with E-state index in [1.165, 1.54) is 5.56 Å². The number of aliphatic hydroxyl groups excluding tert-OH is 2. The number of nitrogens with one attached hydrogen (secondary N) is 2. The molecule has 1 saturated heterocycles. The van der Waals surface area contributed by atoms with E-state index in [0.717, 1.165) is 13.0 Å². The van der Waals surface area contributed by atoms with Crippen LogP contribution in [0.15, 0.2) is 60.7 Å². The molecule has 0 aromatic heterocycles. The number of aliphatic hydroxyl groups is 2. The van der Waals surface area contributed by atoms with Gasteiger partial charge in [-0.3, -0.25) is 4.79 Å². The van der Waals surface area contributed by atoms with Crippen molar-refractivity contribution >= 4 is 5.91 Å². The van der Waals surface area contributed by atoms with Crippen molar-refractivity contribution in [2.75, 3.05) is 13.2 Å². The highest BCUT2D eigenvalue weighted by Gasteiger charge is 2.30. The highest BCUT2D eigenvalue weighted by Crippen LogP contribution is 2.27. The van der Waals surface area contributed by atoms with Gasteiger partial charge in [0.2, 0.25) is 5.91 Å². The third-order valence-electron chi connectivity index (χ3n) is 5.04. The molecular weight excluding hydrogens is 328 g/mol. The Morgan fingerprint density at radius 1 is 1.12 bits per heavy atom. The second kappa shape index (κ2) is 8.94. The molecule has 2 aromatic rings. The quantitative estimate of drug-likeness (QED) is 0.637. The number of hydrogen-bond donors (Lipinski definition) is 4. The van der Waals surface area contributed by atoms with E-state index in [9.17, 15) is 15.0 Å². The van der Waals surface area contributed by atoms with Crippen LogP contribution in [0.1, 0.15) is 36.0 Å². The summed E-state index contributed by atoms with van der Waals surface area (Å²) in [5.41, 5.74) is 1.92. The summed E-state index contributed by atoms with van der Waals surface area (Å²) < 4.78 is 0. The molecule has 1 aliphatic rings. The van der Waals surface area contributed by atoms with E-state index >= 15 is 0 Å². The van der Waals surface area contributed by atoms with Gasteiger partial charge >= 0.3 is 0 Å². The van der Waals surface area contributed by atoms with Crippen LogP contribution in [0.25, 0.3) is 0 Å². The van der Waals surface area contributed by atoms with Gasteiger partial charge in [0.15, 0.2) is 0 Å². The molecule has 0 aliphatic carbocycles. The lowest BCUT2D eigenvalue weighted by Gasteiger charge is -2.31. The van der Waals surface area contributed by atoms with Crippen molar-refractivity contribution in [1.82, 2.24) is 10.6 Å². The number of hydrogen-bond acceptors (Lipinski definition) is 4. The second-order valence-corrected chi connectivity index (χ2v) is 6.79. The van der Waals surface area contributed by atoms with Crippen LogP contribution in [-0.4, -0.2) is 41.4 Å². The molecule has 1 aliphatic heterocycles. The van der Waals surface area contributed by atoms with Crippen LogP contribution in [0.3, 0.4) is 0 Å². The van der Waals surface area contributed by atoms with Crippen LogP contribution in [0, 0.1) is 0 Å². The molecular formula is C21H26N2O3. The van der Waals surface area contributed by atoms with Gasteiger partial charge in [0, 0.05) is 0 Å². The topological polar surface area (TPSA) is 81.6 Å². The fourth-order valence-corrected chi connectivity index (χ4v) is 3.54. The third kappa shape index (κ3) is 4.49. The number of carbonyl (C=O) groups is 1. The predicted molar refractivity (Wildman–Crippen MR) is 101 cm³/mol. The SMILES string of the molecule is O=C(N[C@H](CO)[C@H](O)c1ccccc1)[C@H]1C[C@@H](c2ccccc2)CCN1. The van der Waals surface area contributed by atoms with Gasteiger partial charge in [-0.25, -0.2) is 0 Å². The Kier molecular flexibility index (Phi) is 6.39. The maximum atomic E-state index is 12.7. The summed E-state index contributed by atoms with van der Waals surface area (Å²) >= 11 is 0. The highest BCUT2D eigenvalue weighted by atomic mass is 16.3. The normalized spacial score (nSPS) is 22.4. The molecule has 0 spiro atoms. The summed E-state index contributed by atoms with van der Waals surface area (Å²) in [5, 5.41) is 26.2. The zero-order valence-corrected chi connectivity index (χ0v) is 14.7. The van der Waals surface area contributed by atoms with Crippen LogP contribution in [0.5, 0.6) is 0 Å². The summed E-state index contributed by atoms with van der Waals surface area (Å²) in [7, 11) is 0. The number of amides is 1. The predicted octanol–water partition coefficient (Wildman–Crippen LogP) is 1.73. The first-order valence-electron chi connectivity index (χ1n) is 9.11. The molecule has 1 fully saturated rings. The van der Waals surface area contributed by atoms with Crippen molar-refractivity contribution in [3.63, 3.8) is 0 Å². The second-order valence-electron chi connectivity index (χ2n) is 6.79. The van der Waals surface area contributed by atoms with E-state index in [-0.39, 0.29) is 18.6 Å². The van der Waals surface area contributed by atoms with E-state index in [1.807, 2.05) is 36.4 Å². The van der Waals surface area contributed by atoms with E-state index in [4.69, 9.17) is 0 Å². The van der Waals surface area contributed by atoms with Gasteiger partial charge in [0.1, 0.15) is 6.10 Å². The van der Waals surface area contributed by atoms with Gasteiger partial charge < -0.3 is 20.8 Å². The maximum Gasteiger partial charge on any atom is 0.237 e. The molecule has 1 amide bonds. The fraction of sp³-hybridized carbons (Fsp3) is 0.381. The molecule has 4 N–H and O–H groups in total. The average Bonchev–Trinajstić information content (AvgIpc) is 2.72. The lowest BCUT2D eigenvalue weighted by atomic mass is 9.86. The fourth-order valence-electron chi connectivity index (χ4n) is 3.54. The Morgan fingerprint density at radius 3 is 2.42 bits per heavy atom. The summed E-state index contributed by atoms with van der Waals surface area (Å²) in [6, 6.07) is 18.2. The van der Waals surface area contributed by atoms with Gasteiger partial charge in [0.25, 0.3) is 0 Å². The maximum absolute atomic E-state index is 12.7. The minimum atomic E-state index is -0.946. The zero-order chi connectivity index (χ0) is 18.4. The minimum Gasteiger partial charge on any atom is -0.394 e. The van der Waals surface area contributed by atoms with Crippen LogP contribution in [0.2, 0.25) is 0 Å². The van der Waals surface area contributed by atoms with Crippen LogP contribution < -0.4 is 10.6 Å². The number of rotatable bonds is 6. The van der Waals surface area contributed by atoms with Crippen molar-refractivity contribution in [1.29, 1.82) is 0 Å². The number of carbonyl (C=O) groups excluding carboxylic acids is 1. The van der Waals surface area contributed by atoms with Crippen LogP contribution >= 0.6 is 0 Å². The summed E-state index contributed by atoms with van der Waals surface area (Å²) in [6.07, 6.45) is 0.748. The van der Waals surface area contributed by atoms with Crippen molar-refractivity contribution in [2.45, 2.75) is 36.9 Å². The third-order valence-corrected chi connectivity index (χ3v) is 5.04. The van der Waals surface area contributed by atoms with E-state index in [0.29, 0.717) is 17.9 Å². The monoisotopic (exact) mass is 354 g/mol. The summed E-state index contributed by atoms with van der Waals surface area (Å²) in [5.74, 6) is 0.152. The van der Waals surface area contributed by atoms with Gasteiger partial charge in [0.05, 0.1) is 18.7 Å². The number of benzene rings is 2. The molecule has 26 heavy (non-hydrogen) atoms. The van der Waals surface area contributed by atoms with Gasteiger partial charge in [-0.1, -0.05) is 60.7 Å². The molecule has 1 heterocycles. The van der Waals surface area contributed by atoms with Crippen molar-refractivity contribution in [2.24, 2.45) is 0 Å². The molecule has 138 valence electrons. The van der Waals surface area contributed by atoms with Gasteiger partial charge in [-0.2, -0.15) is 0 Å². The Hall–Kier alpha value is -2.21. The minimum absolute atomic E-state index is 0.181. The summed E-state index contributed by atoms with van der Waals surface area (Å²) in [4.78, 5) is 12.7. The van der Waals surface area contributed by atoms with Gasteiger partial charge in [-0.05, 0) is 36.4 Å². The largest absolute Gasteiger partial charge is 0.394 e. The Morgan fingerprint density at radius 2 is 1.77 bits per heavy atom. The Balaban J connectivity index is 1.62. The lowest BCUT2D eigenvalue weighted by Crippen LogP contribution is -2.53. The number of piperidine rings is 1. The zero-order valence-electron chi connectivity index (χ0n) is 14.7. The molecule has 0 radical (unpaired) electrons. The standard InChI is InChI=1S/C21H26N2O3/c24-14-19(20(25)16-9-5-2-6-10-16)23-21(26)18-13-17(11-12-22-18)15-7-3-1-4-8-15/h1-10,17-20,22,24-25H,11-14H2,(H,23,26)/t17-,18+,19+,20+/m0/s1.